The number of halogens is 2. The summed E-state index contributed by atoms with van der Waals surface area (Å²) in [5, 5.41) is 18.8. The summed E-state index contributed by atoms with van der Waals surface area (Å²) in [6, 6.07) is 11.9. The predicted octanol–water partition coefficient (Wildman–Crippen LogP) is 4.24. The molecule has 0 heterocycles. The zero-order valence-corrected chi connectivity index (χ0v) is 10.1. The molecule has 2 rings (SSSR count). The van der Waals surface area contributed by atoms with E-state index in [-0.39, 0.29) is 10.8 Å². The maximum atomic E-state index is 9.33. The molecule has 17 heavy (non-hydrogen) atoms. The largest absolute Gasteiger partial charge is 0.506 e. The molecule has 0 saturated carbocycles. The highest BCUT2D eigenvalue weighted by atomic mass is 35.5. The molecule has 0 spiro atoms. The van der Waals surface area contributed by atoms with Gasteiger partial charge in [0, 0.05) is 10.6 Å². The highest BCUT2D eigenvalue weighted by Gasteiger charge is 2.07. The second kappa shape index (κ2) is 4.67. The molecule has 0 saturated heterocycles. The summed E-state index contributed by atoms with van der Waals surface area (Å²) in [5.74, 6) is 0.0279. The molecule has 0 aromatic heterocycles. The maximum absolute atomic E-state index is 9.33. The van der Waals surface area contributed by atoms with Crippen molar-refractivity contribution in [2.75, 3.05) is 0 Å². The zero-order chi connectivity index (χ0) is 12.4. The van der Waals surface area contributed by atoms with Crippen LogP contribution in [0.15, 0.2) is 36.4 Å². The SMILES string of the molecule is N#Cc1ccc(-c2ccc(O)c(Cl)c2)c(Cl)c1. The summed E-state index contributed by atoms with van der Waals surface area (Å²) in [6.45, 7) is 0. The van der Waals surface area contributed by atoms with Crippen molar-refractivity contribution in [3.8, 4) is 22.9 Å². The van der Waals surface area contributed by atoms with Crippen LogP contribution in [0.25, 0.3) is 11.1 Å². The molecule has 0 unspecified atom stereocenters. The molecule has 0 amide bonds. The first-order chi connectivity index (χ1) is 8.11. The highest BCUT2D eigenvalue weighted by Crippen LogP contribution is 2.33. The van der Waals surface area contributed by atoms with Gasteiger partial charge >= 0.3 is 0 Å². The van der Waals surface area contributed by atoms with E-state index in [1.54, 1.807) is 30.3 Å². The topological polar surface area (TPSA) is 44.0 Å². The summed E-state index contributed by atoms with van der Waals surface area (Å²) < 4.78 is 0. The average Bonchev–Trinajstić information content (AvgIpc) is 2.32. The summed E-state index contributed by atoms with van der Waals surface area (Å²) in [6.07, 6.45) is 0. The van der Waals surface area contributed by atoms with Gasteiger partial charge in [0.25, 0.3) is 0 Å². The van der Waals surface area contributed by atoms with Gasteiger partial charge in [-0.1, -0.05) is 35.3 Å². The minimum absolute atomic E-state index is 0.0279. The Labute approximate surface area is 109 Å². The zero-order valence-electron chi connectivity index (χ0n) is 8.61. The van der Waals surface area contributed by atoms with Crippen LogP contribution >= 0.6 is 23.2 Å². The monoisotopic (exact) mass is 263 g/mol. The normalized spacial score (nSPS) is 9.94. The van der Waals surface area contributed by atoms with Gasteiger partial charge in [-0.05, 0) is 29.8 Å². The number of hydrogen-bond acceptors (Lipinski definition) is 2. The fourth-order valence-corrected chi connectivity index (χ4v) is 1.96. The van der Waals surface area contributed by atoms with Gasteiger partial charge < -0.3 is 5.11 Å². The van der Waals surface area contributed by atoms with Crippen molar-refractivity contribution in [2.24, 2.45) is 0 Å². The van der Waals surface area contributed by atoms with Crippen molar-refractivity contribution in [3.05, 3.63) is 52.0 Å². The Balaban J connectivity index is 2.54. The fraction of sp³-hybridized carbons (Fsp3) is 0. The molecule has 0 aliphatic heterocycles. The van der Waals surface area contributed by atoms with Crippen LogP contribution in [-0.2, 0) is 0 Å². The first kappa shape index (κ1) is 11.8. The van der Waals surface area contributed by atoms with Gasteiger partial charge in [0.15, 0.2) is 0 Å². The van der Waals surface area contributed by atoms with Crippen LogP contribution in [-0.4, -0.2) is 5.11 Å². The molecule has 0 radical (unpaired) electrons. The lowest BCUT2D eigenvalue weighted by Crippen LogP contribution is -1.82. The third-order valence-electron chi connectivity index (χ3n) is 2.36. The van der Waals surface area contributed by atoms with Gasteiger partial charge in [-0.2, -0.15) is 5.26 Å². The number of hydrogen-bond donors (Lipinski definition) is 1. The van der Waals surface area contributed by atoms with E-state index in [0.717, 1.165) is 11.1 Å². The Morgan fingerprint density at radius 2 is 1.76 bits per heavy atom. The Morgan fingerprint density at radius 3 is 2.35 bits per heavy atom. The number of rotatable bonds is 1. The molecule has 84 valence electrons. The lowest BCUT2D eigenvalue weighted by Gasteiger charge is -2.06. The molecule has 1 N–H and O–H groups in total. The molecule has 4 heteroatoms. The molecule has 0 atom stereocenters. The Morgan fingerprint density at radius 1 is 1.00 bits per heavy atom. The van der Waals surface area contributed by atoms with E-state index in [1.807, 2.05) is 6.07 Å². The summed E-state index contributed by atoms with van der Waals surface area (Å²) in [5.41, 5.74) is 2.07. The lowest BCUT2D eigenvalue weighted by atomic mass is 10.0. The van der Waals surface area contributed by atoms with Crippen molar-refractivity contribution < 1.29 is 5.11 Å². The standard InChI is InChI=1S/C13H7Cl2NO/c14-11-5-8(7-16)1-3-10(11)9-2-4-13(17)12(15)6-9/h1-6,17H. The maximum Gasteiger partial charge on any atom is 0.134 e. The number of phenolic OH excluding ortho intramolecular Hbond substituents is 1. The number of nitriles is 1. The molecule has 0 aliphatic rings. The van der Waals surface area contributed by atoms with Gasteiger partial charge in [-0.3, -0.25) is 0 Å². The highest BCUT2D eigenvalue weighted by molar-refractivity contribution is 6.34. The number of benzene rings is 2. The van der Waals surface area contributed by atoms with E-state index < -0.39 is 0 Å². The van der Waals surface area contributed by atoms with Gasteiger partial charge in [0.2, 0.25) is 0 Å². The third kappa shape index (κ3) is 2.36. The van der Waals surface area contributed by atoms with Crippen molar-refractivity contribution in [1.82, 2.24) is 0 Å². The molecule has 2 aromatic carbocycles. The van der Waals surface area contributed by atoms with Crippen LogP contribution < -0.4 is 0 Å². The van der Waals surface area contributed by atoms with Gasteiger partial charge in [-0.15, -0.1) is 0 Å². The number of aromatic hydroxyl groups is 1. The van der Waals surface area contributed by atoms with E-state index in [1.165, 1.54) is 6.07 Å². The molecule has 0 bridgehead atoms. The van der Waals surface area contributed by atoms with Gasteiger partial charge in [-0.25, -0.2) is 0 Å². The van der Waals surface area contributed by atoms with E-state index in [9.17, 15) is 5.11 Å². The van der Waals surface area contributed by atoms with Gasteiger partial charge in [0.1, 0.15) is 5.75 Å². The lowest BCUT2D eigenvalue weighted by molar-refractivity contribution is 0.475. The Bertz CT molecular complexity index is 617. The van der Waals surface area contributed by atoms with E-state index in [0.29, 0.717) is 10.6 Å². The van der Waals surface area contributed by atoms with Crippen molar-refractivity contribution in [3.63, 3.8) is 0 Å². The number of nitrogens with zero attached hydrogens (tertiary/aromatic N) is 1. The molecule has 2 aromatic rings. The van der Waals surface area contributed by atoms with Crippen LogP contribution in [0.3, 0.4) is 0 Å². The molecular weight excluding hydrogens is 257 g/mol. The summed E-state index contributed by atoms with van der Waals surface area (Å²) in [7, 11) is 0. The van der Waals surface area contributed by atoms with Crippen LogP contribution in [0.4, 0.5) is 0 Å². The summed E-state index contributed by atoms with van der Waals surface area (Å²) >= 11 is 11.9. The fourth-order valence-electron chi connectivity index (χ4n) is 1.49. The van der Waals surface area contributed by atoms with E-state index in [4.69, 9.17) is 28.5 Å². The van der Waals surface area contributed by atoms with Crippen LogP contribution in [0, 0.1) is 11.3 Å². The quantitative estimate of drug-likeness (QED) is 0.837. The molecule has 0 aliphatic carbocycles. The van der Waals surface area contributed by atoms with Crippen LogP contribution in [0.2, 0.25) is 10.0 Å². The Kier molecular flexibility index (Phi) is 3.23. The second-order valence-corrected chi connectivity index (χ2v) is 4.29. The first-order valence-corrected chi connectivity index (χ1v) is 5.56. The first-order valence-electron chi connectivity index (χ1n) is 4.80. The molecular formula is C13H7Cl2NO. The van der Waals surface area contributed by atoms with Gasteiger partial charge in [0.05, 0.1) is 16.7 Å². The molecule has 0 fully saturated rings. The smallest absolute Gasteiger partial charge is 0.134 e. The Hall–Kier alpha value is -1.69. The average molecular weight is 264 g/mol. The molecule has 2 nitrogen and oxygen atoms in total. The minimum atomic E-state index is 0.0279. The third-order valence-corrected chi connectivity index (χ3v) is 2.97. The van der Waals surface area contributed by atoms with E-state index >= 15 is 0 Å². The van der Waals surface area contributed by atoms with Crippen LogP contribution in [0.1, 0.15) is 5.56 Å². The number of phenols is 1. The minimum Gasteiger partial charge on any atom is -0.506 e. The predicted molar refractivity (Wildman–Crippen MR) is 68.3 cm³/mol. The van der Waals surface area contributed by atoms with Crippen LogP contribution in [0.5, 0.6) is 5.75 Å². The van der Waals surface area contributed by atoms with E-state index in [2.05, 4.69) is 0 Å². The van der Waals surface area contributed by atoms with Crippen molar-refractivity contribution in [2.45, 2.75) is 0 Å². The summed E-state index contributed by atoms with van der Waals surface area (Å²) in [4.78, 5) is 0. The van der Waals surface area contributed by atoms with Crippen molar-refractivity contribution >= 4 is 23.2 Å². The van der Waals surface area contributed by atoms with Crippen molar-refractivity contribution in [1.29, 1.82) is 5.26 Å². The second-order valence-electron chi connectivity index (χ2n) is 3.47.